The Balaban J connectivity index is 4.35. The fourth-order valence-electron chi connectivity index (χ4n) is 1.17. The maximum atomic E-state index is 11.7. The fraction of sp³-hybridized carbons (Fsp3) is 1.00. The summed E-state index contributed by atoms with van der Waals surface area (Å²) in [5.74, 6) is 0. The van der Waals surface area contributed by atoms with E-state index in [0.29, 0.717) is 13.1 Å². The van der Waals surface area contributed by atoms with Crippen molar-refractivity contribution in [3.8, 4) is 0 Å². The molecule has 1 atom stereocenters. The summed E-state index contributed by atoms with van der Waals surface area (Å²) < 4.78 is 27.2. The van der Waals surface area contributed by atoms with Crippen LogP contribution >= 0.6 is 0 Å². The van der Waals surface area contributed by atoms with Crippen molar-refractivity contribution in [1.29, 1.82) is 0 Å². The molecule has 0 aliphatic heterocycles. The van der Waals surface area contributed by atoms with Gasteiger partial charge in [-0.2, -0.15) is 17.4 Å². The highest BCUT2D eigenvalue weighted by Crippen LogP contribution is 2.01. The third-order valence-corrected chi connectivity index (χ3v) is 3.42. The second-order valence-electron chi connectivity index (χ2n) is 3.60. The third-order valence-electron chi connectivity index (χ3n) is 1.85. The van der Waals surface area contributed by atoms with Gasteiger partial charge in [-0.25, -0.2) is 0 Å². The first-order valence-electron chi connectivity index (χ1n) is 5.36. The second kappa shape index (κ2) is 7.16. The molecule has 0 aromatic carbocycles. The van der Waals surface area contributed by atoms with Gasteiger partial charge in [-0.3, -0.25) is 0 Å². The summed E-state index contributed by atoms with van der Waals surface area (Å²) in [4.78, 5) is 0. The number of nitrogens with one attached hydrogen (secondary N) is 1. The number of aliphatic hydroxyl groups excluding tert-OH is 1. The van der Waals surface area contributed by atoms with Crippen LogP contribution in [0.3, 0.4) is 0 Å². The summed E-state index contributed by atoms with van der Waals surface area (Å²) >= 11 is 0. The molecule has 0 rings (SSSR count). The first-order chi connectivity index (χ1) is 6.94. The zero-order chi connectivity index (χ0) is 11.9. The second-order valence-corrected chi connectivity index (χ2v) is 5.36. The van der Waals surface area contributed by atoms with Crippen molar-refractivity contribution in [2.24, 2.45) is 0 Å². The molecule has 0 spiro atoms. The quantitative estimate of drug-likeness (QED) is 0.640. The molecule has 0 aromatic rings. The number of hydrogen-bond donors (Lipinski definition) is 2. The first-order valence-corrected chi connectivity index (χ1v) is 6.80. The zero-order valence-corrected chi connectivity index (χ0v) is 10.5. The Labute approximate surface area is 92.7 Å². The molecular formula is C9H22N2O3S. The van der Waals surface area contributed by atoms with Crippen LogP contribution in [0.4, 0.5) is 0 Å². The van der Waals surface area contributed by atoms with Crippen LogP contribution in [0, 0.1) is 0 Å². The summed E-state index contributed by atoms with van der Waals surface area (Å²) in [6.07, 6.45) is 0.912. The molecule has 0 fully saturated rings. The average Bonchev–Trinajstić information content (AvgIpc) is 2.15. The van der Waals surface area contributed by atoms with Crippen LogP contribution < -0.4 is 4.72 Å². The van der Waals surface area contributed by atoms with E-state index in [2.05, 4.69) is 4.72 Å². The summed E-state index contributed by atoms with van der Waals surface area (Å²) in [5.41, 5.74) is 0. The van der Waals surface area contributed by atoms with E-state index in [4.69, 9.17) is 5.11 Å². The molecule has 0 aliphatic rings. The molecular weight excluding hydrogens is 216 g/mol. The minimum Gasteiger partial charge on any atom is -0.392 e. The van der Waals surface area contributed by atoms with Crippen molar-refractivity contribution in [2.45, 2.75) is 39.7 Å². The van der Waals surface area contributed by atoms with E-state index < -0.39 is 16.3 Å². The van der Waals surface area contributed by atoms with Gasteiger partial charge in [-0.1, -0.05) is 13.8 Å². The highest BCUT2D eigenvalue weighted by molar-refractivity contribution is 7.87. The standard InChI is InChI=1S/C9H22N2O3S/c1-4-6-11(7-5-2)15(13,14)10-8-9(3)12/h9-10,12H,4-8H2,1-3H3/t9-/m1/s1. The molecule has 6 heteroatoms. The van der Waals surface area contributed by atoms with Gasteiger partial charge in [0.25, 0.3) is 10.2 Å². The molecule has 0 aliphatic carbocycles. The molecule has 5 nitrogen and oxygen atoms in total. The molecule has 0 radical (unpaired) electrons. The van der Waals surface area contributed by atoms with Crippen molar-refractivity contribution >= 4 is 10.2 Å². The first kappa shape index (κ1) is 14.8. The third kappa shape index (κ3) is 6.09. The molecule has 0 unspecified atom stereocenters. The van der Waals surface area contributed by atoms with Gasteiger partial charge in [-0.15, -0.1) is 0 Å². The summed E-state index contributed by atoms with van der Waals surface area (Å²) in [5, 5.41) is 9.01. The van der Waals surface area contributed by atoms with Gasteiger partial charge in [-0.05, 0) is 19.8 Å². The van der Waals surface area contributed by atoms with Gasteiger partial charge in [0.05, 0.1) is 6.10 Å². The lowest BCUT2D eigenvalue weighted by Gasteiger charge is -2.21. The smallest absolute Gasteiger partial charge is 0.279 e. The van der Waals surface area contributed by atoms with E-state index in [1.807, 2.05) is 13.8 Å². The van der Waals surface area contributed by atoms with Crippen molar-refractivity contribution in [3.63, 3.8) is 0 Å². The van der Waals surface area contributed by atoms with Gasteiger partial charge in [0.1, 0.15) is 0 Å². The van der Waals surface area contributed by atoms with Crippen LogP contribution in [0.15, 0.2) is 0 Å². The molecule has 0 aromatic heterocycles. The van der Waals surface area contributed by atoms with Gasteiger partial charge < -0.3 is 5.11 Å². The van der Waals surface area contributed by atoms with Crippen LogP contribution in [0.25, 0.3) is 0 Å². The van der Waals surface area contributed by atoms with E-state index in [0.717, 1.165) is 12.8 Å². The summed E-state index contributed by atoms with van der Waals surface area (Å²) in [7, 11) is -3.42. The predicted molar refractivity (Wildman–Crippen MR) is 60.8 cm³/mol. The van der Waals surface area contributed by atoms with E-state index in [1.165, 1.54) is 4.31 Å². The lowest BCUT2D eigenvalue weighted by molar-refractivity contribution is 0.197. The summed E-state index contributed by atoms with van der Waals surface area (Å²) in [6, 6.07) is 0. The molecule has 0 saturated heterocycles. The van der Waals surface area contributed by atoms with E-state index in [-0.39, 0.29) is 6.54 Å². The maximum absolute atomic E-state index is 11.7. The highest BCUT2D eigenvalue weighted by Gasteiger charge is 2.19. The number of aliphatic hydroxyl groups is 1. The average molecular weight is 238 g/mol. The monoisotopic (exact) mass is 238 g/mol. The van der Waals surface area contributed by atoms with Crippen LogP contribution in [0.2, 0.25) is 0 Å². The molecule has 15 heavy (non-hydrogen) atoms. The van der Waals surface area contributed by atoms with Crippen molar-refractivity contribution < 1.29 is 13.5 Å². The zero-order valence-electron chi connectivity index (χ0n) is 9.73. The normalized spacial score (nSPS) is 14.5. The Morgan fingerprint density at radius 2 is 1.73 bits per heavy atom. The summed E-state index contributed by atoms with van der Waals surface area (Å²) in [6.45, 7) is 6.52. The van der Waals surface area contributed by atoms with Crippen molar-refractivity contribution in [2.75, 3.05) is 19.6 Å². The van der Waals surface area contributed by atoms with Crippen LogP contribution in [0.1, 0.15) is 33.6 Å². The lowest BCUT2D eigenvalue weighted by atomic mass is 10.4. The minimum absolute atomic E-state index is 0.0618. The van der Waals surface area contributed by atoms with Crippen LogP contribution in [0.5, 0.6) is 0 Å². The predicted octanol–water partition coefficient (Wildman–Crippen LogP) is 0.324. The van der Waals surface area contributed by atoms with Gasteiger partial charge in [0.2, 0.25) is 0 Å². The van der Waals surface area contributed by atoms with E-state index >= 15 is 0 Å². The number of rotatable bonds is 8. The van der Waals surface area contributed by atoms with Gasteiger partial charge >= 0.3 is 0 Å². The van der Waals surface area contributed by atoms with Gasteiger partial charge in [0.15, 0.2) is 0 Å². The highest BCUT2D eigenvalue weighted by atomic mass is 32.2. The topological polar surface area (TPSA) is 69.6 Å². The minimum atomic E-state index is -3.42. The molecule has 0 amide bonds. The van der Waals surface area contributed by atoms with Crippen molar-refractivity contribution in [3.05, 3.63) is 0 Å². The Morgan fingerprint density at radius 1 is 1.27 bits per heavy atom. The maximum Gasteiger partial charge on any atom is 0.279 e. The molecule has 0 saturated carbocycles. The van der Waals surface area contributed by atoms with E-state index in [9.17, 15) is 8.42 Å². The molecule has 0 heterocycles. The number of hydrogen-bond acceptors (Lipinski definition) is 3. The molecule has 0 bridgehead atoms. The number of nitrogens with zero attached hydrogens (tertiary/aromatic N) is 1. The Kier molecular flexibility index (Phi) is 7.08. The Morgan fingerprint density at radius 3 is 2.07 bits per heavy atom. The molecule has 2 N–H and O–H groups in total. The molecule has 92 valence electrons. The van der Waals surface area contributed by atoms with Gasteiger partial charge in [0, 0.05) is 19.6 Å². The Hall–Kier alpha value is -0.170. The van der Waals surface area contributed by atoms with Crippen LogP contribution in [-0.4, -0.2) is 43.6 Å². The Bertz CT molecular complexity index is 246. The van der Waals surface area contributed by atoms with E-state index in [1.54, 1.807) is 6.92 Å². The largest absolute Gasteiger partial charge is 0.392 e. The van der Waals surface area contributed by atoms with Crippen molar-refractivity contribution in [1.82, 2.24) is 9.03 Å². The van der Waals surface area contributed by atoms with Crippen LogP contribution in [-0.2, 0) is 10.2 Å². The SMILES string of the molecule is CCCN(CCC)S(=O)(=O)NC[C@@H](C)O. The lowest BCUT2D eigenvalue weighted by Crippen LogP contribution is -2.43. The fourth-order valence-corrected chi connectivity index (χ4v) is 2.65.